The van der Waals surface area contributed by atoms with Crippen LogP contribution in [0.4, 0.5) is 0 Å². The number of carbonyl (C=O) groups is 1. The van der Waals surface area contributed by atoms with Gasteiger partial charge in [-0.3, -0.25) is 14.8 Å². The highest BCUT2D eigenvalue weighted by molar-refractivity contribution is 5.46. The Morgan fingerprint density at radius 1 is 1.37 bits per heavy atom. The molecule has 0 bridgehead atoms. The van der Waals surface area contributed by atoms with Crippen LogP contribution in [-0.2, 0) is 17.9 Å². The molecule has 0 spiro atoms. The normalized spacial score (nSPS) is 10.4. The van der Waals surface area contributed by atoms with E-state index in [2.05, 4.69) is 15.0 Å². The molecule has 0 fully saturated rings. The van der Waals surface area contributed by atoms with E-state index in [4.69, 9.17) is 0 Å². The molecule has 6 heteroatoms. The molecule has 0 aliphatic rings. The Kier molecular flexibility index (Phi) is 4.60. The summed E-state index contributed by atoms with van der Waals surface area (Å²) in [6, 6.07) is 0. The Morgan fingerprint density at radius 3 is 2.89 bits per heavy atom. The molecule has 0 radical (unpaired) electrons. The molecule has 19 heavy (non-hydrogen) atoms. The first kappa shape index (κ1) is 13.2. The number of nitrogens with zero attached hydrogens (tertiary/aromatic N) is 5. The van der Waals surface area contributed by atoms with Crippen LogP contribution in [0, 0.1) is 6.92 Å². The maximum Gasteiger partial charge on any atom is 0.210 e. The lowest BCUT2D eigenvalue weighted by molar-refractivity contribution is -0.118. The maximum absolute atomic E-state index is 11.0. The molecule has 6 nitrogen and oxygen atoms in total. The summed E-state index contributed by atoms with van der Waals surface area (Å²) < 4.78 is 2.03. The molecule has 0 N–H and O–H groups in total. The van der Waals surface area contributed by atoms with Gasteiger partial charge in [-0.2, -0.15) is 0 Å². The summed E-state index contributed by atoms with van der Waals surface area (Å²) in [6.45, 7) is 4.01. The smallest absolute Gasteiger partial charge is 0.210 e. The molecule has 0 saturated carbocycles. The zero-order valence-corrected chi connectivity index (χ0v) is 10.9. The van der Waals surface area contributed by atoms with Crippen LogP contribution >= 0.6 is 0 Å². The first-order valence-corrected chi connectivity index (χ1v) is 6.20. The third kappa shape index (κ3) is 4.17. The molecule has 1 amide bonds. The van der Waals surface area contributed by atoms with Gasteiger partial charge in [-0.25, -0.2) is 4.98 Å². The van der Waals surface area contributed by atoms with Gasteiger partial charge in [-0.05, 0) is 13.3 Å². The quantitative estimate of drug-likeness (QED) is 0.697. The lowest BCUT2D eigenvalue weighted by Gasteiger charge is -2.16. The molecule has 2 heterocycles. The van der Waals surface area contributed by atoms with E-state index in [0.29, 0.717) is 13.1 Å². The third-order valence-electron chi connectivity index (χ3n) is 2.75. The molecule has 2 aromatic rings. The van der Waals surface area contributed by atoms with Gasteiger partial charge < -0.3 is 9.47 Å². The van der Waals surface area contributed by atoms with Gasteiger partial charge in [-0.1, -0.05) is 0 Å². The predicted octanol–water partition coefficient (Wildman–Crippen LogP) is 1.03. The maximum atomic E-state index is 11.0. The molecule has 0 atom stereocenters. The van der Waals surface area contributed by atoms with Gasteiger partial charge in [0.15, 0.2) is 0 Å². The van der Waals surface area contributed by atoms with Crippen LogP contribution in [0.25, 0.3) is 0 Å². The Hall–Kier alpha value is -2.24. The van der Waals surface area contributed by atoms with Crippen molar-refractivity contribution in [2.45, 2.75) is 26.4 Å². The third-order valence-corrected chi connectivity index (χ3v) is 2.75. The second kappa shape index (κ2) is 6.63. The summed E-state index contributed by atoms with van der Waals surface area (Å²) in [5.74, 6) is 0. The van der Waals surface area contributed by atoms with Crippen LogP contribution in [0.15, 0.2) is 31.1 Å². The van der Waals surface area contributed by atoms with Crippen molar-refractivity contribution in [3.05, 3.63) is 42.5 Å². The van der Waals surface area contributed by atoms with Crippen LogP contribution in [0.3, 0.4) is 0 Å². The highest BCUT2D eigenvalue weighted by Crippen LogP contribution is 2.01. The van der Waals surface area contributed by atoms with E-state index >= 15 is 0 Å². The molecule has 0 aromatic carbocycles. The number of imidazole rings is 1. The Labute approximate surface area is 112 Å². The monoisotopic (exact) mass is 259 g/mol. The number of aromatic nitrogens is 4. The van der Waals surface area contributed by atoms with Crippen molar-refractivity contribution in [2.75, 3.05) is 6.54 Å². The zero-order chi connectivity index (χ0) is 13.5. The average molecular weight is 259 g/mol. The topological polar surface area (TPSA) is 63.9 Å². The molecule has 0 aliphatic heterocycles. The van der Waals surface area contributed by atoms with Gasteiger partial charge in [0.1, 0.15) is 0 Å². The van der Waals surface area contributed by atoms with Crippen molar-refractivity contribution in [1.82, 2.24) is 24.4 Å². The molecular weight excluding hydrogens is 242 g/mol. The Morgan fingerprint density at radius 2 is 2.26 bits per heavy atom. The van der Waals surface area contributed by atoms with Crippen LogP contribution in [0.2, 0.25) is 0 Å². The fourth-order valence-electron chi connectivity index (χ4n) is 1.84. The first-order chi connectivity index (χ1) is 9.28. The van der Waals surface area contributed by atoms with Crippen molar-refractivity contribution in [3.63, 3.8) is 0 Å². The number of amides is 1. The zero-order valence-electron chi connectivity index (χ0n) is 10.9. The van der Waals surface area contributed by atoms with Gasteiger partial charge in [0, 0.05) is 31.7 Å². The van der Waals surface area contributed by atoms with Crippen molar-refractivity contribution in [2.24, 2.45) is 0 Å². The van der Waals surface area contributed by atoms with Crippen molar-refractivity contribution in [1.29, 1.82) is 0 Å². The highest BCUT2D eigenvalue weighted by Gasteiger charge is 2.04. The second-order valence-electron chi connectivity index (χ2n) is 4.38. The lowest BCUT2D eigenvalue weighted by Crippen LogP contribution is -2.24. The van der Waals surface area contributed by atoms with Gasteiger partial charge in [-0.15, -0.1) is 0 Å². The van der Waals surface area contributed by atoms with Crippen molar-refractivity contribution in [3.8, 4) is 0 Å². The van der Waals surface area contributed by atoms with Crippen LogP contribution in [-0.4, -0.2) is 37.4 Å². The summed E-state index contributed by atoms with van der Waals surface area (Å²) in [7, 11) is 0. The minimum atomic E-state index is 0.500. The van der Waals surface area contributed by atoms with Gasteiger partial charge in [0.25, 0.3) is 0 Å². The lowest BCUT2D eigenvalue weighted by atomic mass is 10.3. The molecule has 0 saturated heterocycles. The highest BCUT2D eigenvalue weighted by atomic mass is 16.1. The molecule has 2 rings (SSSR count). The van der Waals surface area contributed by atoms with Crippen LogP contribution in [0.1, 0.15) is 17.8 Å². The number of hydrogen-bond acceptors (Lipinski definition) is 4. The molecule has 0 aliphatic carbocycles. The Balaban J connectivity index is 1.78. The summed E-state index contributed by atoms with van der Waals surface area (Å²) in [5, 5.41) is 0. The first-order valence-electron chi connectivity index (χ1n) is 6.20. The molecule has 0 unspecified atom stereocenters. The van der Waals surface area contributed by atoms with Gasteiger partial charge >= 0.3 is 0 Å². The van der Waals surface area contributed by atoms with E-state index in [1.807, 2.05) is 24.0 Å². The van der Waals surface area contributed by atoms with Crippen LogP contribution in [0.5, 0.6) is 0 Å². The van der Waals surface area contributed by atoms with E-state index in [9.17, 15) is 4.79 Å². The van der Waals surface area contributed by atoms with Crippen molar-refractivity contribution >= 4 is 6.41 Å². The number of aryl methyl sites for hydroxylation is 2. The summed E-state index contributed by atoms with van der Waals surface area (Å²) in [5.41, 5.74) is 1.81. The second-order valence-corrected chi connectivity index (χ2v) is 4.38. The number of carbonyl (C=O) groups excluding carboxylic acids is 1. The Bertz CT molecular complexity index is 511. The standard InChI is InChI=1S/C13H17N5O/c1-12-8-17(10-16-12)5-2-6-18(11-19)9-13-7-14-3-4-15-13/h3-4,7-8,10-11H,2,5-6,9H2,1H3. The average Bonchev–Trinajstić information content (AvgIpc) is 2.84. The molecule has 2 aromatic heterocycles. The fourth-order valence-corrected chi connectivity index (χ4v) is 1.84. The van der Waals surface area contributed by atoms with Crippen LogP contribution < -0.4 is 0 Å². The summed E-state index contributed by atoms with van der Waals surface area (Å²) in [4.78, 5) is 25.0. The minimum absolute atomic E-state index is 0.500. The number of hydrogen-bond donors (Lipinski definition) is 0. The van der Waals surface area contributed by atoms with E-state index in [0.717, 1.165) is 30.8 Å². The summed E-state index contributed by atoms with van der Waals surface area (Å²) >= 11 is 0. The molecular formula is C13H17N5O. The largest absolute Gasteiger partial charge is 0.339 e. The fraction of sp³-hybridized carbons (Fsp3) is 0.385. The van der Waals surface area contributed by atoms with E-state index in [1.54, 1.807) is 23.5 Å². The van der Waals surface area contributed by atoms with E-state index < -0.39 is 0 Å². The SMILES string of the molecule is Cc1cn(CCCN(C=O)Cc2cnccn2)cn1. The number of rotatable bonds is 7. The van der Waals surface area contributed by atoms with Gasteiger partial charge in [0.05, 0.1) is 30.5 Å². The van der Waals surface area contributed by atoms with E-state index in [1.165, 1.54) is 0 Å². The predicted molar refractivity (Wildman–Crippen MR) is 70.1 cm³/mol. The molecule has 100 valence electrons. The summed E-state index contributed by atoms with van der Waals surface area (Å²) in [6.07, 6.45) is 10.5. The van der Waals surface area contributed by atoms with Crippen molar-refractivity contribution < 1.29 is 4.79 Å². The van der Waals surface area contributed by atoms with Gasteiger partial charge in [0.2, 0.25) is 6.41 Å². The van der Waals surface area contributed by atoms with E-state index in [-0.39, 0.29) is 0 Å². The minimum Gasteiger partial charge on any atom is -0.339 e.